The number of benzene rings is 3. The molecule has 4 aromatic rings. The van der Waals surface area contributed by atoms with Crippen LogP contribution in [-0.4, -0.2) is 28.0 Å². The van der Waals surface area contributed by atoms with E-state index >= 15 is 0 Å². The minimum Gasteiger partial charge on any atom is -0.341 e. The number of anilines is 2. The van der Waals surface area contributed by atoms with E-state index in [4.69, 9.17) is 0 Å². The van der Waals surface area contributed by atoms with Gasteiger partial charge < -0.3 is 15.2 Å². The van der Waals surface area contributed by atoms with Gasteiger partial charge >= 0.3 is 11.8 Å². The van der Waals surface area contributed by atoms with Crippen LogP contribution >= 0.6 is 0 Å². The Morgan fingerprint density at radius 3 is 2.34 bits per heavy atom. The molecule has 178 valence electrons. The van der Waals surface area contributed by atoms with Crippen LogP contribution in [0.4, 0.5) is 11.4 Å². The summed E-state index contributed by atoms with van der Waals surface area (Å²) in [4.78, 5) is 36.7. The first-order valence-corrected chi connectivity index (χ1v) is 11.4. The Bertz CT molecular complexity index is 1470. The number of para-hydroxylation sites is 2. The highest BCUT2D eigenvalue weighted by molar-refractivity contribution is 6.39. The van der Waals surface area contributed by atoms with E-state index in [9.17, 15) is 14.4 Å². The van der Waals surface area contributed by atoms with Crippen molar-refractivity contribution in [2.24, 2.45) is 5.10 Å². The summed E-state index contributed by atoms with van der Waals surface area (Å²) in [5, 5.41) is 11.5. The van der Waals surface area contributed by atoms with Crippen molar-refractivity contribution in [3.8, 4) is 0 Å². The van der Waals surface area contributed by atoms with Crippen molar-refractivity contribution in [2.45, 2.75) is 33.7 Å². The summed E-state index contributed by atoms with van der Waals surface area (Å²) in [7, 11) is 0. The summed E-state index contributed by atoms with van der Waals surface area (Å²) >= 11 is 0. The SMILES string of the molecule is CCn1c2ccccc2c2cc(NC(=O)CC(C)=NNC(=O)C(=O)Nc3ccccc3C)ccc21. The second kappa shape index (κ2) is 10.2. The van der Waals surface area contributed by atoms with Gasteiger partial charge in [-0.15, -0.1) is 0 Å². The normalized spacial score (nSPS) is 11.5. The van der Waals surface area contributed by atoms with Gasteiger partial charge in [0.2, 0.25) is 5.91 Å². The number of nitrogens with one attached hydrogen (secondary N) is 3. The number of aryl methyl sites for hydroxylation is 2. The zero-order valence-electron chi connectivity index (χ0n) is 19.9. The molecule has 3 amide bonds. The second-order valence-electron chi connectivity index (χ2n) is 8.28. The highest BCUT2D eigenvalue weighted by Gasteiger charge is 2.15. The number of carbonyl (C=O) groups excluding carboxylic acids is 3. The van der Waals surface area contributed by atoms with Gasteiger partial charge in [0.15, 0.2) is 0 Å². The molecule has 0 fully saturated rings. The molecule has 4 rings (SSSR count). The van der Waals surface area contributed by atoms with Crippen LogP contribution in [0.2, 0.25) is 0 Å². The van der Waals surface area contributed by atoms with Crippen LogP contribution in [0.3, 0.4) is 0 Å². The fraction of sp³-hybridized carbons (Fsp3) is 0.185. The van der Waals surface area contributed by atoms with Crippen molar-refractivity contribution in [2.75, 3.05) is 10.6 Å². The van der Waals surface area contributed by atoms with Gasteiger partial charge in [-0.1, -0.05) is 36.4 Å². The lowest BCUT2D eigenvalue weighted by molar-refractivity contribution is -0.136. The molecule has 8 heteroatoms. The molecule has 0 radical (unpaired) electrons. The third-order valence-electron chi connectivity index (χ3n) is 5.74. The lowest BCUT2D eigenvalue weighted by Gasteiger charge is -2.08. The largest absolute Gasteiger partial charge is 0.341 e. The molecule has 0 saturated heterocycles. The highest BCUT2D eigenvalue weighted by Crippen LogP contribution is 2.31. The molecule has 3 N–H and O–H groups in total. The van der Waals surface area contributed by atoms with E-state index < -0.39 is 11.8 Å². The average Bonchev–Trinajstić information content (AvgIpc) is 3.16. The van der Waals surface area contributed by atoms with Crippen molar-refractivity contribution in [3.63, 3.8) is 0 Å². The van der Waals surface area contributed by atoms with Gasteiger partial charge in [0.05, 0.1) is 6.42 Å². The predicted octanol–water partition coefficient (Wildman–Crippen LogP) is 4.58. The van der Waals surface area contributed by atoms with Crippen molar-refractivity contribution in [1.82, 2.24) is 9.99 Å². The van der Waals surface area contributed by atoms with Gasteiger partial charge in [0.1, 0.15) is 0 Å². The van der Waals surface area contributed by atoms with Crippen molar-refractivity contribution in [1.29, 1.82) is 0 Å². The Balaban J connectivity index is 1.38. The molecule has 0 atom stereocenters. The van der Waals surface area contributed by atoms with Gasteiger partial charge in [-0.2, -0.15) is 5.10 Å². The Labute approximate surface area is 203 Å². The number of amides is 3. The minimum atomic E-state index is -0.911. The highest BCUT2D eigenvalue weighted by atomic mass is 16.2. The van der Waals surface area contributed by atoms with E-state index in [1.165, 1.54) is 0 Å². The molecule has 0 bridgehead atoms. The Morgan fingerprint density at radius 1 is 0.857 bits per heavy atom. The first-order chi connectivity index (χ1) is 16.9. The van der Waals surface area contributed by atoms with Crippen molar-refractivity contribution >= 4 is 56.6 Å². The average molecular weight is 470 g/mol. The van der Waals surface area contributed by atoms with Gasteiger partial charge in [-0.05, 0) is 56.7 Å². The van der Waals surface area contributed by atoms with Crippen LogP contribution < -0.4 is 16.1 Å². The molecule has 3 aromatic carbocycles. The molecule has 1 heterocycles. The zero-order chi connectivity index (χ0) is 24.9. The first-order valence-electron chi connectivity index (χ1n) is 11.4. The van der Waals surface area contributed by atoms with Crippen molar-refractivity contribution < 1.29 is 14.4 Å². The Hall–Kier alpha value is -4.46. The summed E-state index contributed by atoms with van der Waals surface area (Å²) in [5.41, 5.74) is 6.88. The smallest absolute Gasteiger partial charge is 0.329 e. The van der Waals surface area contributed by atoms with Gasteiger partial charge in [-0.3, -0.25) is 14.4 Å². The van der Waals surface area contributed by atoms with Crippen LogP contribution in [0.25, 0.3) is 21.8 Å². The first kappa shape index (κ1) is 23.7. The van der Waals surface area contributed by atoms with Gasteiger partial charge in [-0.25, -0.2) is 5.43 Å². The molecule has 0 saturated carbocycles. The van der Waals surface area contributed by atoms with E-state index in [2.05, 4.69) is 44.8 Å². The molecule has 0 spiro atoms. The van der Waals surface area contributed by atoms with Crippen molar-refractivity contribution in [3.05, 3.63) is 72.3 Å². The van der Waals surface area contributed by atoms with E-state index in [0.717, 1.165) is 33.9 Å². The number of rotatable bonds is 6. The van der Waals surface area contributed by atoms with Crippen LogP contribution in [-0.2, 0) is 20.9 Å². The van der Waals surface area contributed by atoms with E-state index in [0.29, 0.717) is 17.1 Å². The third-order valence-corrected chi connectivity index (χ3v) is 5.74. The molecule has 0 aliphatic heterocycles. The van der Waals surface area contributed by atoms with Crippen LogP contribution in [0.5, 0.6) is 0 Å². The number of hydrazone groups is 1. The predicted molar refractivity (Wildman–Crippen MR) is 139 cm³/mol. The summed E-state index contributed by atoms with van der Waals surface area (Å²) in [5.74, 6) is -2.02. The summed E-state index contributed by atoms with van der Waals surface area (Å²) in [6.07, 6.45) is -0.0333. The molecule has 1 aromatic heterocycles. The molecule has 0 unspecified atom stereocenters. The molecule has 35 heavy (non-hydrogen) atoms. The van der Waals surface area contributed by atoms with E-state index in [1.54, 1.807) is 19.1 Å². The van der Waals surface area contributed by atoms with Crippen LogP contribution in [0, 0.1) is 6.92 Å². The quantitative estimate of drug-likeness (QED) is 0.219. The molecule has 0 aliphatic rings. The number of fused-ring (bicyclic) bond motifs is 3. The third kappa shape index (κ3) is 5.22. The topological polar surface area (TPSA) is 105 Å². The summed E-state index contributed by atoms with van der Waals surface area (Å²) in [6.45, 7) is 6.39. The lowest BCUT2D eigenvalue weighted by Crippen LogP contribution is -2.33. The molecule has 8 nitrogen and oxygen atoms in total. The number of hydrogen-bond acceptors (Lipinski definition) is 4. The zero-order valence-corrected chi connectivity index (χ0v) is 19.9. The van der Waals surface area contributed by atoms with Gasteiger partial charge in [0, 0.05) is 45.4 Å². The summed E-state index contributed by atoms with van der Waals surface area (Å²) in [6, 6.07) is 21.2. The molecular weight excluding hydrogens is 442 g/mol. The van der Waals surface area contributed by atoms with E-state index in [-0.39, 0.29) is 12.3 Å². The lowest BCUT2D eigenvalue weighted by atomic mass is 10.1. The number of carbonyl (C=O) groups is 3. The molecular formula is C27H27N5O3. The fourth-order valence-corrected chi connectivity index (χ4v) is 4.04. The maximum Gasteiger partial charge on any atom is 0.329 e. The van der Waals surface area contributed by atoms with Crippen LogP contribution in [0.1, 0.15) is 25.8 Å². The Morgan fingerprint density at radius 2 is 1.57 bits per heavy atom. The number of hydrogen-bond donors (Lipinski definition) is 3. The number of nitrogens with zero attached hydrogens (tertiary/aromatic N) is 2. The minimum absolute atomic E-state index is 0.0333. The number of aromatic nitrogens is 1. The molecule has 0 aliphatic carbocycles. The second-order valence-corrected chi connectivity index (χ2v) is 8.28. The van der Waals surface area contributed by atoms with E-state index in [1.807, 2.05) is 49.4 Å². The van der Waals surface area contributed by atoms with Crippen LogP contribution in [0.15, 0.2) is 71.8 Å². The van der Waals surface area contributed by atoms with Gasteiger partial charge in [0.25, 0.3) is 0 Å². The monoisotopic (exact) mass is 469 g/mol. The maximum absolute atomic E-state index is 12.6. The fourth-order valence-electron chi connectivity index (χ4n) is 4.04. The maximum atomic E-state index is 12.6. The Kier molecular flexibility index (Phi) is 6.91. The summed E-state index contributed by atoms with van der Waals surface area (Å²) < 4.78 is 2.24. The standard InChI is InChI=1S/C27H27N5O3/c1-4-32-23-12-8-6-10-20(23)21-16-19(13-14-24(21)32)28-25(33)15-18(3)30-31-27(35)26(34)29-22-11-7-5-9-17(22)2/h5-14,16H,4,15H2,1-3H3,(H,28,33)(H,29,34)(H,31,35).